The molecule has 2 rings (SSSR count). The maximum absolute atomic E-state index is 6.08. The van der Waals surface area contributed by atoms with Crippen molar-refractivity contribution in [2.75, 3.05) is 0 Å². The maximum atomic E-state index is 6.08. The summed E-state index contributed by atoms with van der Waals surface area (Å²) >= 11 is 4.69. The van der Waals surface area contributed by atoms with Crippen LogP contribution in [0.2, 0.25) is 0 Å². The van der Waals surface area contributed by atoms with Gasteiger partial charge in [-0.15, -0.1) is 0 Å². The van der Waals surface area contributed by atoms with E-state index in [2.05, 4.69) is 10.5 Å². The van der Waals surface area contributed by atoms with Gasteiger partial charge in [0, 0.05) is 0 Å². The first-order chi connectivity index (χ1) is 10.1. The van der Waals surface area contributed by atoms with Gasteiger partial charge >= 0.3 is 7.12 Å². The van der Waals surface area contributed by atoms with Gasteiger partial charge in [0.2, 0.25) is 0 Å². The normalized spacial score (nSPS) is 19.6. The van der Waals surface area contributed by atoms with Crippen molar-refractivity contribution in [3.05, 3.63) is 29.3 Å². The molecule has 22 heavy (non-hydrogen) atoms. The van der Waals surface area contributed by atoms with E-state index in [1.54, 1.807) is 6.21 Å². The van der Waals surface area contributed by atoms with E-state index in [4.69, 9.17) is 27.3 Å². The molecule has 118 valence electrons. The van der Waals surface area contributed by atoms with Gasteiger partial charge in [-0.2, -0.15) is 5.10 Å². The largest absolute Gasteiger partial charge is 0.495 e. The second-order valence-electron chi connectivity index (χ2n) is 6.44. The van der Waals surface area contributed by atoms with E-state index in [1.807, 2.05) is 52.8 Å². The first-order valence-electron chi connectivity index (χ1n) is 7.17. The summed E-state index contributed by atoms with van der Waals surface area (Å²) in [6.07, 6.45) is 1.67. The summed E-state index contributed by atoms with van der Waals surface area (Å²) < 4.78 is 12.2. The first-order valence-corrected chi connectivity index (χ1v) is 7.58. The van der Waals surface area contributed by atoms with Gasteiger partial charge < -0.3 is 15.0 Å². The van der Waals surface area contributed by atoms with E-state index >= 15 is 0 Å². The predicted molar refractivity (Wildman–Crippen MR) is 94.4 cm³/mol. The molecule has 0 bridgehead atoms. The molecule has 7 heteroatoms. The zero-order valence-electron chi connectivity index (χ0n) is 13.6. The van der Waals surface area contributed by atoms with Crippen LogP contribution in [0.25, 0.3) is 0 Å². The molecule has 0 saturated carbocycles. The van der Waals surface area contributed by atoms with Crippen LogP contribution in [-0.4, -0.2) is 29.6 Å². The van der Waals surface area contributed by atoms with Gasteiger partial charge in [-0.3, -0.25) is 5.43 Å². The number of nitrogens with one attached hydrogen (secondary N) is 1. The number of aryl methyl sites for hydroxylation is 1. The second-order valence-corrected chi connectivity index (χ2v) is 6.88. The van der Waals surface area contributed by atoms with Crippen molar-refractivity contribution in [2.24, 2.45) is 10.8 Å². The first kappa shape index (κ1) is 16.9. The molecule has 0 radical (unpaired) electrons. The van der Waals surface area contributed by atoms with Crippen LogP contribution in [0.4, 0.5) is 0 Å². The van der Waals surface area contributed by atoms with E-state index in [1.165, 1.54) is 0 Å². The van der Waals surface area contributed by atoms with E-state index in [9.17, 15) is 0 Å². The van der Waals surface area contributed by atoms with Gasteiger partial charge in [0.15, 0.2) is 5.11 Å². The lowest BCUT2D eigenvalue weighted by Gasteiger charge is -2.32. The highest BCUT2D eigenvalue weighted by Gasteiger charge is 2.51. The van der Waals surface area contributed by atoms with Crippen molar-refractivity contribution >= 4 is 36.1 Å². The molecule has 5 nitrogen and oxygen atoms in total. The maximum Gasteiger partial charge on any atom is 0.495 e. The highest BCUT2D eigenvalue weighted by molar-refractivity contribution is 7.80. The number of hydrogen-bond donors (Lipinski definition) is 2. The summed E-state index contributed by atoms with van der Waals surface area (Å²) in [5.74, 6) is 0. The van der Waals surface area contributed by atoms with Gasteiger partial charge in [0.25, 0.3) is 0 Å². The SMILES string of the molecule is Cc1cc(C=NNC(N)=S)ccc1B1OC(C)(C)C(C)(C)O1. The molecule has 0 atom stereocenters. The van der Waals surface area contributed by atoms with E-state index in [0.29, 0.717) is 0 Å². The fourth-order valence-corrected chi connectivity index (χ4v) is 2.24. The molecule has 1 aliphatic heterocycles. The molecule has 0 aliphatic carbocycles. The quantitative estimate of drug-likeness (QED) is 0.382. The molecular formula is C15H22BN3O2S. The Morgan fingerprint density at radius 3 is 2.36 bits per heavy atom. The lowest BCUT2D eigenvalue weighted by Crippen LogP contribution is -2.41. The van der Waals surface area contributed by atoms with Gasteiger partial charge in [0.05, 0.1) is 17.4 Å². The molecule has 3 N–H and O–H groups in total. The van der Waals surface area contributed by atoms with Crippen LogP contribution in [0.5, 0.6) is 0 Å². The van der Waals surface area contributed by atoms with Crippen LogP contribution in [0.15, 0.2) is 23.3 Å². The fourth-order valence-electron chi connectivity index (χ4n) is 2.18. The summed E-state index contributed by atoms with van der Waals surface area (Å²) in [5.41, 5.74) is 10.2. The van der Waals surface area contributed by atoms with Gasteiger partial charge in [0.1, 0.15) is 0 Å². The molecule has 0 unspecified atom stereocenters. The molecule has 1 aromatic carbocycles. The number of hydrogen-bond acceptors (Lipinski definition) is 4. The smallest absolute Gasteiger partial charge is 0.399 e. The van der Waals surface area contributed by atoms with Gasteiger partial charge in [-0.05, 0) is 57.9 Å². The molecule has 1 saturated heterocycles. The number of nitrogens with zero attached hydrogens (tertiary/aromatic N) is 1. The van der Waals surface area contributed by atoms with Crippen molar-refractivity contribution in [2.45, 2.75) is 45.8 Å². The highest BCUT2D eigenvalue weighted by Crippen LogP contribution is 2.36. The van der Waals surface area contributed by atoms with Crippen LogP contribution >= 0.6 is 12.2 Å². The van der Waals surface area contributed by atoms with Crippen molar-refractivity contribution in [1.82, 2.24) is 5.43 Å². The molecule has 1 aliphatic rings. The standard InChI is InChI=1S/C15H22BN3O2S/c1-10-8-11(9-18-19-13(17)22)6-7-12(10)16-20-14(2,3)15(4,5)21-16/h6-9H,1-5H3,(H3,17,19,22). The average Bonchev–Trinajstić information content (AvgIpc) is 2.57. The molecule has 1 heterocycles. The molecule has 1 fully saturated rings. The van der Waals surface area contributed by atoms with Crippen molar-refractivity contribution in [3.63, 3.8) is 0 Å². The lowest BCUT2D eigenvalue weighted by molar-refractivity contribution is 0.00578. The van der Waals surface area contributed by atoms with E-state index in [0.717, 1.165) is 16.6 Å². The Kier molecular flexibility index (Phi) is 4.61. The number of rotatable bonds is 3. The van der Waals surface area contributed by atoms with E-state index < -0.39 is 0 Å². The van der Waals surface area contributed by atoms with Crippen LogP contribution in [-0.2, 0) is 9.31 Å². The number of thiocarbonyl (C=S) groups is 1. The van der Waals surface area contributed by atoms with Crippen molar-refractivity contribution in [1.29, 1.82) is 0 Å². The molecular weight excluding hydrogens is 297 g/mol. The fraction of sp³-hybridized carbons (Fsp3) is 0.467. The minimum absolute atomic E-state index is 0.141. The third-order valence-electron chi connectivity index (χ3n) is 4.19. The minimum atomic E-state index is -0.356. The van der Waals surface area contributed by atoms with Crippen molar-refractivity contribution < 1.29 is 9.31 Å². The Hall–Kier alpha value is -1.44. The summed E-state index contributed by atoms with van der Waals surface area (Å²) in [5, 5.41) is 4.09. The van der Waals surface area contributed by atoms with Crippen molar-refractivity contribution in [3.8, 4) is 0 Å². The van der Waals surface area contributed by atoms with E-state index in [-0.39, 0.29) is 23.4 Å². The zero-order chi connectivity index (χ0) is 16.5. The number of hydrazone groups is 1. The summed E-state index contributed by atoms with van der Waals surface area (Å²) in [4.78, 5) is 0. The Labute approximate surface area is 137 Å². The minimum Gasteiger partial charge on any atom is -0.399 e. The Morgan fingerprint density at radius 2 is 1.86 bits per heavy atom. The third kappa shape index (κ3) is 3.48. The number of nitrogens with two attached hydrogens (primary N) is 1. The Balaban J connectivity index is 2.18. The Bertz CT molecular complexity index is 601. The van der Waals surface area contributed by atoms with Gasteiger partial charge in [-0.25, -0.2) is 0 Å². The van der Waals surface area contributed by atoms with Crippen LogP contribution in [0, 0.1) is 6.92 Å². The second kappa shape index (κ2) is 5.99. The number of benzene rings is 1. The lowest BCUT2D eigenvalue weighted by atomic mass is 9.76. The molecule has 1 aromatic rings. The summed E-state index contributed by atoms with van der Waals surface area (Å²) in [6.45, 7) is 10.2. The van der Waals surface area contributed by atoms with Gasteiger partial charge in [-0.1, -0.05) is 23.8 Å². The topological polar surface area (TPSA) is 68.9 Å². The summed E-state index contributed by atoms with van der Waals surface area (Å²) in [6, 6.07) is 5.98. The summed E-state index contributed by atoms with van der Waals surface area (Å²) in [7, 11) is -0.356. The molecule has 0 spiro atoms. The Morgan fingerprint density at radius 1 is 1.27 bits per heavy atom. The zero-order valence-corrected chi connectivity index (χ0v) is 14.5. The average molecular weight is 319 g/mol. The highest BCUT2D eigenvalue weighted by atomic mass is 32.1. The van der Waals surface area contributed by atoms with Crippen LogP contribution in [0.1, 0.15) is 38.8 Å². The monoisotopic (exact) mass is 319 g/mol. The van der Waals surface area contributed by atoms with Crippen LogP contribution in [0.3, 0.4) is 0 Å². The predicted octanol–water partition coefficient (Wildman–Crippen LogP) is 1.46. The van der Waals surface area contributed by atoms with Crippen LogP contribution < -0.4 is 16.6 Å². The molecule has 0 amide bonds. The molecule has 0 aromatic heterocycles. The third-order valence-corrected chi connectivity index (χ3v) is 4.28.